The lowest BCUT2D eigenvalue weighted by Crippen LogP contribution is -2.26. The molecule has 0 saturated carbocycles. The maximum Gasteiger partial charge on any atom is 0.223 e. The molecule has 3 rings (SSSR count). The van der Waals surface area contributed by atoms with Crippen LogP contribution in [0, 0.1) is 0 Å². The van der Waals surface area contributed by atoms with Gasteiger partial charge >= 0.3 is 0 Å². The Morgan fingerprint density at radius 3 is 2.56 bits per heavy atom. The number of nitrogens with zero attached hydrogens (tertiary/aromatic N) is 3. The molecular formula is C17H18N6OS. The van der Waals surface area contributed by atoms with Gasteiger partial charge < -0.3 is 21.9 Å². The number of thiazole rings is 1. The third kappa shape index (κ3) is 4.04. The average molecular weight is 354 g/mol. The van der Waals surface area contributed by atoms with Crippen LogP contribution >= 0.6 is 11.3 Å². The molecule has 0 aliphatic carbocycles. The number of hydrogen-bond acceptors (Lipinski definition) is 4. The van der Waals surface area contributed by atoms with Gasteiger partial charge in [0, 0.05) is 5.56 Å². The van der Waals surface area contributed by atoms with Gasteiger partial charge in [0.15, 0.2) is 5.96 Å². The van der Waals surface area contributed by atoms with Crippen molar-refractivity contribution in [2.45, 2.75) is 6.92 Å². The fourth-order valence-electron chi connectivity index (χ4n) is 2.25. The summed E-state index contributed by atoms with van der Waals surface area (Å²) in [5.41, 5.74) is 18.8. The average Bonchev–Trinajstić information content (AvgIpc) is 2.98. The Balaban J connectivity index is 1.87. The van der Waals surface area contributed by atoms with Crippen LogP contribution in [0.4, 0.5) is 5.69 Å². The van der Waals surface area contributed by atoms with Gasteiger partial charge in [0.25, 0.3) is 0 Å². The molecular weight excluding hydrogens is 336 g/mol. The Morgan fingerprint density at radius 2 is 1.88 bits per heavy atom. The Morgan fingerprint density at radius 1 is 1.12 bits per heavy atom. The molecule has 6 N–H and O–H groups in total. The van der Waals surface area contributed by atoms with E-state index in [1.54, 1.807) is 11.3 Å². The highest BCUT2D eigenvalue weighted by Gasteiger charge is 2.07. The summed E-state index contributed by atoms with van der Waals surface area (Å²) in [7, 11) is 0. The maximum atomic E-state index is 5.63. The summed E-state index contributed by atoms with van der Waals surface area (Å²) in [5, 5.41) is 0.927. The fourth-order valence-corrected chi connectivity index (χ4v) is 3.25. The molecule has 0 amide bonds. The molecule has 1 heterocycles. The monoisotopic (exact) mass is 354 g/mol. The minimum absolute atomic E-state index is 0.0104. The van der Waals surface area contributed by atoms with E-state index in [0.29, 0.717) is 12.3 Å². The molecule has 0 spiro atoms. The molecule has 3 aromatic rings. The second-order valence-corrected chi connectivity index (χ2v) is 6.17. The van der Waals surface area contributed by atoms with E-state index in [0.717, 1.165) is 26.5 Å². The van der Waals surface area contributed by atoms with E-state index < -0.39 is 0 Å². The Hall–Kier alpha value is -3.13. The van der Waals surface area contributed by atoms with Gasteiger partial charge in [0.05, 0.1) is 22.5 Å². The number of hydrogen-bond donors (Lipinski definition) is 3. The van der Waals surface area contributed by atoms with E-state index in [9.17, 15) is 0 Å². The van der Waals surface area contributed by atoms with Gasteiger partial charge in [-0.3, -0.25) is 0 Å². The number of fused-ring (bicyclic) bond motifs is 1. The van der Waals surface area contributed by atoms with Crippen molar-refractivity contribution in [1.82, 2.24) is 4.98 Å². The molecule has 0 fully saturated rings. The summed E-state index contributed by atoms with van der Waals surface area (Å²) in [5.74, 6) is 0.736. The minimum Gasteiger partial charge on any atom is -0.494 e. The molecule has 2 aromatic carbocycles. The van der Waals surface area contributed by atoms with E-state index in [4.69, 9.17) is 21.9 Å². The third-order valence-electron chi connectivity index (χ3n) is 3.27. The van der Waals surface area contributed by atoms with E-state index in [2.05, 4.69) is 15.0 Å². The first-order valence-electron chi connectivity index (χ1n) is 7.63. The number of benzene rings is 2. The molecule has 0 radical (unpaired) electrons. The molecule has 25 heavy (non-hydrogen) atoms. The zero-order chi connectivity index (χ0) is 17.8. The zero-order valence-corrected chi connectivity index (χ0v) is 14.5. The Labute approximate surface area is 148 Å². The normalized spacial score (nSPS) is 11.5. The highest BCUT2D eigenvalue weighted by Crippen LogP contribution is 2.33. The van der Waals surface area contributed by atoms with Gasteiger partial charge in [0.1, 0.15) is 10.8 Å². The van der Waals surface area contributed by atoms with E-state index in [1.165, 1.54) is 0 Å². The van der Waals surface area contributed by atoms with E-state index >= 15 is 0 Å². The molecule has 0 aliphatic heterocycles. The first-order valence-corrected chi connectivity index (χ1v) is 8.44. The lowest BCUT2D eigenvalue weighted by molar-refractivity contribution is 0.341. The van der Waals surface area contributed by atoms with Gasteiger partial charge in [-0.1, -0.05) is 0 Å². The molecule has 8 heteroatoms. The number of aliphatic imine (C=N–C) groups is 2. The molecule has 0 aliphatic rings. The number of aromatic nitrogens is 1. The van der Waals surface area contributed by atoms with Crippen LogP contribution in [0.5, 0.6) is 5.75 Å². The number of guanidine groups is 2. The molecule has 7 nitrogen and oxygen atoms in total. The van der Waals surface area contributed by atoms with Gasteiger partial charge in [-0.2, -0.15) is 4.99 Å². The van der Waals surface area contributed by atoms with Crippen LogP contribution < -0.4 is 21.9 Å². The SMILES string of the molecule is CCOc1ccc2nc(-c3ccc(N=C(N)N=C(N)N)cc3)sc2c1. The quantitative estimate of drug-likeness (QED) is 0.490. The van der Waals surface area contributed by atoms with Crippen LogP contribution in [0.2, 0.25) is 0 Å². The van der Waals surface area contributed by atoms with Crippen LogP contribution in [0.25, 0.3) is 20.8 Å². The van der Waals surface area contributed by atoms with Crippen molar-refractivity contribution in [2.75, 3.05) is 6.61 Å². The highest BCUT2D eigenvalue weighted by atomic mass is 32.1. The Bertz CT molecular complexity index is 941. The third-order valence-corrected chi connectivity index (χ3v) is 4.34. The molecule has 128 valence electrons. The summed E-state index contributed by atoms with van der Waals surface area (Å²) in [6, 6.07) is 13.4. The lowest BCUT2D eigenvalue weighted by Gasteiger charge is -2.00. The number of rotatable bonds is 4. The predicted molar refractivity (Wildman–Crippen MR) is 103 cm³/mol. The van der Waals surface area contributed by atoms with Crippen LogP contribution in [-0.2, 0) is 0 Å². The van der Waals surface area contributed by atoms with Gasteiger partial charge in [-0.05, 0) is 49.4 Å². The van der Waals surface area contributed by atoms with Crippen molar-refractivity contribution in [2.24, 2.45) is 27.2 Å². The van der Waals surface area contributed by atoms with Crippen LogP contribution in [0.1, 0.15) is 6.92 Å². The fraction of sp³-hybridized carbons (Fsp3) is 0.118. The second kappa shape index (κ2) is 7.18. The summed E-state index contributed by atoms with van der Waals surface area (Å²) < 4.78 is 6.62. The van der Waals surface area contributed by atoms with Crippen molar-refractivity contribution in [1.29, 1.82) is 0 Å². The smallest absolute Gasteiger partial charge is 0.223 e. The zero-order valence-electron chi connectivity index (χ0n) is 13.6. The van der Waals surface area contributed by atoms with Crippen LogP contribution in [0.15, 0.2) is 52.4 Å². The lowest BCUT2D eigenvalue weighted by atomic mass is 10.2. The largest absolute Gasteiger partial charge is 0.494 e. The van der Waals surface area contributed by atoms with Crippen molar-refractivity contribution in [3.8, 4) is 16.3 Å². The van der Waals surface area contributed by atoms with Crippen LogP contribution in [-0.4, -0.2) is 23.5 Å². The minimum atomic E-state index is -0.126. The molecule has 0 saturated heterocycles. The summed E-state index contributed by atoms with van der Waals surface area (Å²) >= 11 is 1.61. The predicted octanol–water partition coefficient (Wildman–Crippen LogP) is 2.58. The van der Waals surface area contributed by atoms with Crippen molar-refractivity contribution < 1.29 is 4.74 Å². The highest BCUT2D eigenvalue weighted by molar-refractivity contribution is 7.21. The van der Waals surface area contributed by atoms with E-state index in [1.807, 2.05) is 49.4 Å². The molecule has 0 bridgehead atoms. The summed E-state index contributed by atoms with van der Waals surface area (Å²) in [4.78, 5) is 12.5. The van der Waals surface area contributed by atoms with Gasteiger partial charge in [-0.15, -0.1) is 11.3 Å². The van der Waals surface area contributed by atoms with E-state index in [-0.39, 0.29) is 11.9 Å². The topological polar surface area (TPSA) is 125 Å². The number of nitrogens with two attached hydrogens (primary N) is 3. The number of ether oxygens (including phenoxy) is 1. The van der Waals surface area contributed by atoms with Gasteiger partial charge in [0.2, 0.25) is 5.96 Å². The Kier molecular flexibility index (Phi) is 4.80. The summed E-state index contributed by atoms with van der Waals surface area (Å²) in [6.45, 7) is 2.61. The first kappa shape index (κ1) is 16.7. The first-order chi connectivity index (χ1) is 12.0. The van der Waals surface area contributed by atoms with Gasteiger partial charge in [-0.25, -0.2) is 9.98 Å². The standard InChI is InChI=1S/C17H18N6OS/c1-2-24-12-7-8-13-14(9-12)25-15(22-13)10-3-5-11(6-4-10)21-17(20)23-16(18)19/h3-9H,2H2,1H3,(H6,18,19,20,21,23). The molecule has 1 aromatic heterocycles. The second-order valence-electron chi connectivity index (χ2n) is 5.14. The van der Waals surface area contributed by atoms with Crippen molar-refractivity contribution in [3.63, 3.8) is 0 Å². The molecule has 0 atom stereocenters. The molecule has 0 unspecified atom stereocenters. The summed E-state index contributed by atoms with van der Waals surface area (Å²) in [6.07, 6.45) is 0. The van der Waals surface area contributed by atoms with Crippen LogP contribution in [0.3, 0.4) is 0 Å². The maximum absolute atomic E-state index is 5.63. The van der Waals surface area contributed by atoms with Crippen molar-refractivity contribution in [3.05, 3.63) is 42.5 Å². The van der Waals surface area contributed by atoms with Crippen molar-refractivity contribution >= 4 is 39.2 Å².